The molecule has 0 aromatic heterocycles. The molecule has 28 heavy (non-hydrogen) atoms. The van der Waals surface area contributed by atoms with E-state index < -0.39 is 0 Å². The quantitative estimate of drug-likeness (QED) is 0.297. The molecule has 7 heteroatoms. The zero-order chi connectivity index (χ0) is 19.9. The number of piperidine rings is 1. The summed E-state index contributed by atoms with van der Waals surface area (Å²) in [7, 11) is 1.77. The summed E-state index contributed by atoms with van der Waals surface area (Å²) in [5.41, 5.74) is 0. The van der Waals surface area contributed by atoms with Crippen LogP contribution in [0.1, 0.15) is 45.4 Å². The number of likely N-dealkylation sites (tertiary alicyclic amines) is 1. The van der Waals surface area contributed by atoms with Gasteiger partial charge in [-0.1, -0.05) is 0 Å². The molecule has 2 rings (SSSR count). The number of methoxy groups -OCH3 is 1. The van der Waals surface area contributed by atoms with Crippen molar-refractivity contribution in [3.8, 4) is 0 Å². The van der Waals surface area contributed by atoms with Crippen molar-refractivity contribution in [3.05, 3.63) is 0 Å². The van der Waals surface area contributed by atoms with Crippen LogP contribution in [-0.4, -0.2) is 89.8 Å². The molecule has 7 nitrogen and oxygen atoms in total. The Bertz CT molecular complexity index is 408. The zero-order valence-corrected chi connectivity index (χ0v) is 18.1. The minimum atomic E-state index is 0.515. The fraction of sp³-hybridized carbons (Fsp3) is 0.952. The second-order valence-electron chi connectivity index (χ2n) is 7.85. The van der Waals surface area contributed by atoms with E-state index in [0.717, 1.165) is 97.4 Å². The van der Waals surface area contributed by atoms with Crippen molar-refractivity contribution in [2.45, 2.75) is 51.5 Å². The van der Waals surface area contributed by atoms with Crippen molar-refractivity contribution in [3.63, 3.8) is 0 Å². The first kappa shape index (κ1) is 23.4. The number of hydrogen-bond donors (Lipinski definition) is 2. The minimum absolute atomic E-state index is 0.515. The van der Waals surface area contributed by atoms with E-state index in [1.807, 2.05) is 0 Å². The van der Waals surface area contributed by atoms with Crippen LogP contribution in [0.25, 0.3) is 0 Å². The molecule has 0 aromatic carbocycles. The van der Waals surface area contributed by atoms with Crippen molar-refractivity contribution in [1.29, 1.82) is 0 Å². The van der Waals surface area contributed by atoms with Gasteiger partial charge in [-0.05, 0) is 51.4 Å². The largest absolute Gasteiger partial charge is 0.385 e. The third-order valence-corrected chi connectivity index (χ3v) is 5.51. The molecule has 164 valence electrons. The minimum Gasteiger partial charge on any atom is -0.385 e. The Hall–Kier alpha value is -0.890. The predicted molar refractivity (Wildman–Crippen MR) is 114 cm³/mol. The fourth-order valence-corrected chi connectivity index (χ4v) is 3.77. The summed E-state index contributed by atoms with van der Waals surface area (Å²) in [6.07, 6.45) is 6.71. The summed E-state index contributed by atoms with van der Waals surface area (Å²) in [5.74, 6) is 1.63. The van der Waals surface area contributed by atoms with E-state index in [0.29, 0.717) is 12.0 Å². The number of nitrogens with one attached hydrogen (secondary N) is 2. The summed E-state index contributed by atoms with van der Waals surface area (Å²) in [6.45, 7) is 11.6. The van der Waals surface area contributed by atoms with E-state index in [9.17, 15) is 0 Å². The van der Waals surface area contributed by atoms with E-state index in [2.05, 4.69) is 22.5 Å². The van der Waals surface area contributed by atoms with Gasteiger partial charge in [-0.3, -0.25) is 4.99 Å². The van der Waals surface area contributed by atoms with Crippen molar-refractivity contribution in [2.75, 3.05) is 72.9 Å². The van der Waals surface area contributed by atoms with Gasteiger partial charge in [-0.25, -0.2) is 0 Å². The molecule has 0 spiro atoms. The van der Waals surface area contributed by atoms with Crippen LogP contribution in [0.2, 0.25) is 0 Å². The number of ether oxygens (including phenoxy) is 3. The molecule has 0 aromatic rings. The van der Waals surface area contributed by atoms with E-state index in [4.69, 9.17) is 19.2 Å². The van der Waals surface area contributed by atoms with Crippen LogP contribution in [0.5, 0.6) is 0 Å². The summed E-state index contributed by atoms with van der Waals surface area (Å²) >= 11 is 0. The van der Waals surface area contributed by atoms with E-state index >= 15 is 0 Å². The van der Waals surface area contributed by atoms with Crippen LogP contribution in [0.4, 0.5) is 0 Å². The molecule has 2 fully saturated rings. The molecular weight excluding hydrogens is 356 g/mol. The molecule has 0 aliphatic carbocycles. The molecule has 0 radical (unpaired) electrons. The second-order valence-corrected chi connectivity index (χ2v) is 7.85. The van der Waals surface area contributed by atoms with E-state index in [1.54, 1.807) is 7.11 Å². The lowest BCUT2D eigenvalue weighted by Gasteiger charge is -2.33. The van der Waals surface area contributed by atoms with Crippen LogP contribution in [0.15, 0.2) is 4.99 Å². The molecule has 2 heterocycles. The molecule has 0 amide bonds. The number of hydrogen-bond acceptors (Lipinski definition) is 5. The standard InChI is InChI=1S/C21H42N4O3/c1-3-22-21(23-10-4-15-28-18-19-8-16-27-17-9-19)24-20-6-12-25(13-7-20)11-5-14-26-2/h19-20H,3-18H2,1-2H3,(H2,22,23,24). The number of rotatable bonds is 12. The Morgan fingerprint density at radius 1 is 1.11 bits per heavy atom. The van der Waals surface area contributed by atoms with Crippen molar-refractivity contribution in [2.24, 2.45) is 10.9 Å². The average molecular weight is 399 g/mol. The first-order valence-corrected chi connectivity index (χ1v) is 11.2. The third-order valence-electron chi connectivity index (χ3n) is 5.51. The number of aliphatic imine (C=N–C) groups is 1. The van der Waals surface area contributed by atoms with Gasteiger partial charge in [-0.15, -0.1) is 0 Å². The molecular formula is C21H42N4O3. The monoisotopic (exact) mass is 398 g/mol. The topological polar surface area (TPSA) is 67.4 Å². The average Bonchev–Trinajstić information content (AvgIpc) is 2.73. The zero-order valence-electron chi connectivity index (χ0n) is 18.1. The van der Waals surface area contributed by atoms with Crippen LogP contribution < -0.4 is 10.6 Å². The van der Waals surface area contributed by atoms with Crippen molar-refractivity contribution >= 4 is 5.96 Å². The third kappa shape index (κ3) is 10.0. The Kier molecular flexibility index (Phi) is 12.5. The number of nitrogens with zero attached hydrogens (tertiary/aromatic N) is 2. The van der Waals surface area contributed by atoms with Gasteiger partial charge in [0.25, 0.3) is 0 Å². The molecule has 0 atom stereocenters. The molecule has 2 aliphatic heterocycles. The van der Waals surface area contributed by atoms with E-state index in [1.165, 1.54) is 12.8 Å². The normalized spacial score (nSPS) is 20.4. The maximum Gasteiger partial charge on any atom is 0.191 e. The van der Waals surface area contributed by atoms with Crippen LogP contribution >= 0.6 is 0 Å². The molecule has 0 saturated carbocycles. The first-order valence-electron chi connectivity index (χ1n) is 11.2. The van der Waals surface area contributed by atoms with Gasteiger partial charge in [0.15, 0.2) is 5.96 Å². The lowest BCUT2D eigenvalue weighted by Crippen LogP contribution is -2.48. The highest BCUT2D eigenvalue weighted by Crippen LogP contribution is 2.14. The maximum absolute atomic E-state index is 5.84. The molecule has 2 N–H and O–H groups in total. The summed E-state index contributed by atoms with van der Waals surface area (Å²) < 4.78 is 16.4. The Morgan fingerprint density at radius 2 is 1.89 bits per heavy atom. The highest BCUT2D eigenvalue weighted by molar-refractivity contribution is 5.80. The van der Waals surface area contributed by atoms with Gasteiger partial charge >= 0.3 is 0 Å². The Balaban J connectivity index is 1.57. The second kappa shape index (κ2) is 15.0. The summed E-state index contributed by atoms with van der Waals surface area (Å²) in [6, 6.07) is 0.515. The lowest BCUT2D eigenvalue weighted by atomic mass is 10.0. The first-order chi connectivity index (χ1) is 13.8. The number of guanidine groups is 1. The maximum atomic E-state index is 5.84. The van der Waals surface area contributed by atoms with Gasteiger partial charge in [0.05, 0.1) is 0 Å². The van der Waals surface area contributed by atoms with Gasteiger partial charge in [0.2, 0.25) is 0 Å². The van der Waals surface area contributed by atoms with Gasteiger partial charge in [-0.2, -0.15) is 0 Å². The van der Waals surface area contributed by atoms with Crippen LogP contribution in [-0.2, 0) is 14.2 Å². The van der Waals surface area contributed by atoms with Gasteiger partial charge in [0, 0.05) is 78.9 Å². The van der Waals surface area contributed by atoms with Crippen LogP contribution in [0, 0.1) is 5.92 Å². The van der Waals surface area contributed by atoms with Crippen molar-refractivity contribution in [1.82, 2.24) is 15.5 Å². The SMILES string of the molecule is CCNC(=NCCCOCC1CCOCC1)NC1CCN(CCCOC)CC1. The smallest absolute Gasteiger partial charge is 0.191 e. The van der Waals surface area contributed by atoms with Crippen LogP contribution in [0.3, 0.4) is 0 Å². The lowest BCUT2D eigenvalue weighted by molar-refractivity contribution is 0.0205. The van der Waals surface area contributed by atoms with E-state index in [-0.39, 0.29) is 0 Å². The summed E-state index contributed by atoms with van der Waals surface area (Å²) in [5, 5.41) is 7.00. The highest BCUT2D eigenvalue weighted by atomic mass is 16.5. The highest BCUT2D eigenvalue weighted by Gasteiger charge is 2.19. The predicted octanol–water partition coefficient (Wildman–Crippen LogP) is 1.88. The molecule has 0 unspecified atom stereocenters. The molecule has 2 saturated heterocycles. The molecule has 0 bridgehead atoms. The van der Waals surface area contributed by atoms with Gasteiger partial charge < -0.3 is 29.7 Å². The molecule has 2 aliphatic rings. The van der Waals surface area contributed by atoms with Crippen molar-refractivity contribution < 1.29 is 14.2 Å². The van der Waals surface area contributed by atoms with Gasteiger partial charge in [0.1, 0.15) is 0 Å². The fourth-order valence-electron chi connectivity index (χ4n) is 3.77. The summed E-state index contributed by atoms with van der Waals surface area (Å²) in [4.78, 5) is 7.27. The Labute approximate surface area is 171 Å². The Morgan fingerprint density at radius 3 is 2.61 bits per heavy atom.